The van der Waals surface area contributed by atoms with E-state index in [4.69, 9.17) is 13.9 Å². The van der Waals surface area contributed by atoms with E-state index < -0.39 is 46.1 Å². The van der Waals surface area contributed by atoms with Crippen LogP contribution in [-0.2, 0) is 30.0 Å². The van der Waals surface area contributed by atoms with E-state index in [9.17, 15) is 24.0 Å². The van der Waals surface area contributed by atoms with Crippen LogP contribution in [0.3, 0.4) is 0 Å². The van der Waals surface area contributed by atoms with Crippen LogP contribution in [0.25, 0.3) is 11.0 Å². The van der Waals surface area contributed by atoms with Crippen molar-refractivity contribution in [2.24, 2.45) is 0 Å². The smallest absolute Gasteiger partial charge is 0.410 e. The number of piperidine rings is 1. The van der Waals surface area contributed by atoms with Crippen molar-refractivity contribution in [1.29, 1.82) is 0 Å². The maximum atomic E-state index is 14.6. The molecule has 1 unspecified atom stereocenters. The molecule has 14 nitrogen and oxygen atoms in total. The summed E-state index contributed by atoms with van der Waals surface area (Å²) in [7, 11) is -3.57. The van der Waals surface area contributed by atoms with Gasteiger partial charge in [0.05, 0.1) is 34.9 Å². The van der Waals surface area contributed by atoms with Crippen LogP contribution < -0.4 is 11.0 Å². The maximum absolute atomic E-state index is 14.6. The van der Waals surface area contributed by atoms with Crippen molar-refractivity contribution in [2.75, 3.05) is 51.4 Å². The average molecular weight is 773 g/mol. The Labute approximate surface area is 315 Å². The number of imidazole rings is 1. The van der Waals surface area contributed by atoms with Crippen LogP contribution in [0.5, 0.6) is 0 Å². The molecule has 4 amide bonds. The van der Waals surface area contributed by atoms with Crippen molar-refractivity contribution in [3.63, 3.8) is 0 Å². The SMILES string of the molecule is CC(C)(C)OC(=O)N1CCN(C(=O)c2ccc3c4c2NCCn4c(=O)n3C2CCC(=O)N(COCC[Si](C)(C)C)C2=O)[C@H](CO[Si](C)(C)C(C)(C)C)C1. The maximum Gasteiger partial charge on any atom is 0.410 e. The lowest BCUT2D eigenvalue weighted by molar-refractivity contribution is -0.157. The highest BCUT2D eigenvalue weighted by Crippen LogP contribution is 2.38. The highest BCUT2D eigenvalue weighted by Gasteiger charge is 2.42. The zero-order valence-corrected chi connectivity index (χ0v) is 35.6. The van der Waals surface area contributed by atoms with E-state index in [1.165, 1.54) is 4.57 Å². The molecule has 53 heavy (non-hydrogen) atoms. The highest BCUT2D eigenvalue weighted by molar-refractivity contribution is 6.76. The van der Waals surface area contributed by atoms with Crippen molar-refractivity contribution < 1.29 is 33.1 Å². The Balaban J connectivity index is 1.45. The summed E-state index contributed by atoms with van der Waals surface area (Å²) in [5.74, 6) is -1.01. The number of carbonyl (C=O) groups excluding carboxylic acids is 4. The molecule has 5 rings (SSSR count). The second-order valence-corrected chi connectivity index (χ2v) is 28.7. The number of hydrogen-bond acceptors (Lipinski definition) is 9. The Morgan fingerprint density at radius 2 is 1.66 bits per heavy atom. The van der Waals surface area contributed by atoms with Gasteiger partial charge in [-0.2, -0.15) is 0 Å². The predicted molar refractivity (Wildman–Crippen MR) is 210 cm³/mol. The molecule has 0 spiro atoms. The molecule has 0 radical (unpaired) electrons. The summed E-state index contributed by atoms with van der Waals surface area (Å²) in [5.41, 5.74) is 0.980. The number of nitrogens with zero attached hydrogens (tertiary/aromatic N) is 5. The number of piperazine rings is 1. The van der Waals surface area contributed by atoms with E-state index in [-0.39, 0.29) is 61.8 Å². The number of imide groups is 1. The number of anilines is 1. The molecule has 294 valence electrons. The number of benzene rings is 1. The standard InChI is InChI=1S/C37H60N6O8Si2/c1-36(2,3)51-35(48)39-18-19-40(25(22-39)23-50-53(10,11)37(4,5)6)32(45)26-12-13-27-31-30(26)38-16-17-41(31)34(47)43(27)28-14-15-29(44)42(33(28)46)24-49-20-21-52(7,8)9/h12-13,25,28,38H,14-24H2,1-11H3/t25-,28?/m0/s1. The van der Waals surface area contributed by atoms with Crippen molar-refractivity contribution >= 4 is 56.9 Å². The van der Waals surface area contributed by atoms with Crippen LogP contribution in [0.4, 0.5) is 10.5 Å². The van der Waals surface area contributed by atoms with Gasteiger partial charge < -0.3 is 29.0 Å². The summed E-state index contributed by atoms with van der Waals surface area (Å²) in [6, 6.07) is 3.02. The van der Waals surface area contributed by atoms with Crippen molar-refractivity contribution in [2.45, 2.75) is 122 Å². The molecule has 3 aliphatic rings. The van der Waals surface area contributed by atoms with Crippen molar-refractivity contribution in [3.05, 3.63) is 28.2 Å². The molecule has 2 atom stereocenters. The fraction of sp³-hybridized carbons (Fsp3) is 0.703. The Hall–Kier alpha value is -3.48. The van der Waals surface area contributed by atoms with Crippen molar-refractivity contribution in [1.82, 2.24) is 23.8 Å². The van der Waals surface area contributed by atoms with Crippen LogP contribution in [0.15, 0.2) is 16.9 Å². The summed E-state index contributed by atoms with van der Waals surface area (Å²) >= 11 is 0. The Bertz CT molecular complexity index is 1800. The summed E-state index contributed by atoms with van der Waals surface area (Å²) in [6.45, 7) is 25.1. The molecule has 2 saturated heterocycles. The van der Waals surface area contributed by atoms with Gasteiger partial charge in [-0.15, -0.1) is 0 Å². The fourth-order valence-electron chi connectivity index (χ4n) is 6.70. The number of likely N-dealkylation sites (tertiary alicyclic amines) is 1. The average Bonchev–Trinajstić information content (AvgIpc) is 3.33. The van der Waals surface area contributed by atoms with Crippen molar-refractivity contribution in [3.8, 4) is 0 Å². The number of amides is 4. The lowest BCUT2D eigenvalue weighted by Gasteiger charge is -2.44. The first kappa shape index (κ1) is 40.7. The van der Waals surface area contributed by atoms with E-state index >= 15 is 0 Å². The van der Waals surface area contributed by atoms with Crippen LogP contribution >= 0.6 is 0 Å². The zero-order valence-electron chi connectivity index (χ0n) is 33.6. The number of carbonyl (C=O) groups is 4. The van der Waals surface area contributed by atoms with Crippen LogP contribution in [0.2, 0.25) is 43.8 Å². The first-order chi connectivity index (χ1) is 24.5. The third-order valence-electron chi connectivity index (χ3n) is 10.8. The van der Waals surface area contributed by atoms with Gasteiger partial charge in [-0.1, -0.05) is 40.4 Å². The summed E-state index contributed by atoms with van der Waals surface area (Å²) in [6.07, 6.45) is -0.118. The molecule has 4 heterocycles. The highest BCUT2D eigenvalue weighted by atomic mass is 28.4. The largest absolute Gasteiger partial charge is 0.444 e. The normalized spacial score (nSPS) is 20.2. The molecule has 16 heteroatoms. The lowest BCUT2D eigenvalue weighted by Crippen LogP contribution is -2.59. The molecule has 2 fully saturated rings. The molecule has 1 aromatic heterocycles. The number of aromatic nitrogens is 2. The van der Waals surface area contributed by atoms with Gasteiger partial charge in [0.15, 0.2) is 8.32 Å². The first-order valence-electron chi connectivity index (χ1n) is 18.9. The monoisotopic (exact) mass is 772 g/mol. The molecular formula is C37H60N6O8Si2. The number of rotatable bonds is 10. The van der Waals surface area contributed by atoms with Crippen LogP contribution in [0.1, 0.15) is 70.8 Å². The molecule has 0 aliphatic carbocycles. The molecule has 0 bridgehead atoms. The molecule has 1 aromatic carbocycles. The van der Waals surface area contributed by atoms with Gasteiger partial charge in [-0.3, -0.25) is 28.4 Å². The van der Waals surface area contributed by atoms with Crippen LogP contribution in [0, 0.1) is 0 Å². The van der Waals surface area contributed by atoms with Gasteiger partial charge in [-0.25, -0.2) is 9.59 Å². The quantitative estimate of drug-likeness (QED) is 0.193. The number of hydrogen-bond donors (Lipinski definition) is 1. The molecule has 0 saturated carbocycles. The summed E-state index contributed by atoms with van der Waals surface area (Å²) in [5, 5.41) is 3.33. The Morgan fingerprint density at radius 3 is 2.30 bits per heavy atom. The van der Waals surface area contributed by atoms with Gasteiger partial charge in [0.25, 0.3) is 11.8 Å². The van der Waals surface area contributed by atoms with Gasteiger partial charge in [0.1, 0.15) is 18.4 Å². The van der Waals surface area contributed by atoms with E-state index in [1.807, 2.05) is 20.8 Å². The first-order valence-corrected chi connectivity index (χ1v) is 25.5. The van der Waals surface area contributed by atoms with Gasteiger partial charge in [-0.05, 0) is 63.5 Å². The Kier molecular flexibility index (Phi) is 11.5. The topological polar surface area (TPSA) is 145 Å². The number of nitrogens with one attached hydrogen (secondary N) is 1. The van der Waals surface area contributed by atoms with Gasteiger partial charge in [0, 0.05) is 53.8 Å². The zero-order chi connectivity index (χ0) is 39.3. The summed E-state index contributed by atoms with van der Waals surface area (Å²) < 4.78 is 21.2. The molecule has 3 aliphatic heterocycles. The molecule has 2 aromatic rings. The second kappa shape index (κ2) is 15.0. The summed E-state index contributed by atoms with van der Waals surface area (Å²) in [4.78, 5) is 73.1. The van der Waals surface area contributed by atoms with E-state index in [0.717, 1.165) is 10.9 Å². The molecule has 1 N–H and O–H groups in total. The van der Waals surface area contributed by atoms with Crippen LogP contribution in [-0.4, -0.2) is 122 Å². The predicted octanol–water partition coefficient (Wildman–Crippen LogP) is 5.31. The minimum Gasteiger partial charge on any atom is -0.444 e. The molecular weight excluding hydrogens is 713 g/mol. The van der Waals surface area contributed by atoms with E-state index in [1.54, 1.807) is 26.5 Å². The minimum atomic E-state index is -2.21. The Morgan fingerprint density at radius 1 is 0.962 bits per heavy atom. The van der Waals surface area contributed by atoms with E-state index in [0.29, 0.717) is 48.5 Å². The van der Waals surface area contributed by atoms with Gasteiger partial charge in [0.2, 0.25) is 5.91 Å². The second-order valence-electron chi connectivity index (χ2n) is 18.3. The lowest BCUT2D eigenvalue weighted by atomic mass is 10.0. The van der Waals surface area contributed by atoms with E-state index in [2.05, 4.69) is 58.8 Å². The number of ether oxygens (including phenoxy) is 2. The third-order valence-corrected chi connectivity index (χ3v) is 17.0. The fourth-order valence-corrected chi connectivity index (χ4v) is 8.50. The third kappa shape index (κ3) is 8.76. The van der Waals surface area contributed by atoms with Gasteiger partial charge >= 0.3 is 11.8 Å². The minimum absolute atomic E-state index is 0.0536.